The van der Waals surface area contributed by atoms with Crippen molar-refractivity contribution < 1.29 is 9.21 Å². The van der Waals surface area contributed by atoms with E-state index in [1.165, 1.54) is 5.56 Å². The normalized spacial score (nSPS) is 11.9. The molecule has 0 radical (unpaired) electrons. The maximum atomic E-state index is 12.5. The van der Waals surface area contributed by atoms with Crippen LogP contribution >= 0.6 is 0 Å². The minimum atomic E-state index is -0.0555. The molecule has 26 heavy (non-hydrogen) atoms. The molecule has 0 saturated carbocycles. The third kappa shape index (κ3) is 4.33. The van der Waals surface area contributed by atoms with Crippen molar-refractivity contribution in [3.05, 3.63) is 65.6 Å². The van der Waals surface area contributed by atoms with Crippen molar-refractivity contribution in [2.75, 3.05) is 0 Å². The van der Waals surface area contributed by atoms with Crippen LogP contribution in [-0.4, -0.2) is 26.7 Å². The monoisotopic (exact) mass is 350 g/mol. The van der Waals surface area contributed by atoms with Gasteiger partial charge in [0.2, 0.25) is 17.7 Å². The molecule has 2 aromatic heterocycles. The van der Waals surface area contributed by atoms with Crippen LogP contribution in [-0.2, 0) is 6.42 Å². The zero-order chi connectivity index (χ0) is 18.5. The summed E-state index contributed by atoms with van der Waals surface area (Å²) in [7, 11) is 0. The van der Waals surface area contributed by atoms with E-state index in [9.17, 15) is 4.79 Å². The molecule has 6 nitrogen and oxygen atoms in total. The third-order valence-electron chi connectivity index (χ3n) is 3.82. The molecule has 0 bridgehead atoms. The first-order valence-electron chi connectivity index (χ1n) is 8.67. The Morgan fingerprint density at radius 3 is 2.65 bits per heavy atom. The van der Waals surface area contributed by atoms with Gasteiger partial charge in [0.25, 0.3) is 0 Å². The summed E-state index contributed by atoms with van der Waals surface area (Å²) in [5.74, 6) is 0.864. The first-order valence-corrected chi connectivity index (χ1v) is 8.67. The molecule has 2 heterocycles. The fourth-order valence-electron chi connectivity index (χ4n) is 2.52. The molecule has 0 saturated heterocycles. The van der Waals surface area contributed by atoms with Gasteiger partial charge in [-0.3, -0.25) is 14.4 Å². The second kappa shape index (κ2) is 7.91. The minimum absolute atomic E-state index is 0.0555. The van der Waals surface area contributed by atoms with E-state index in [0.717, 1.165) is 5.56 Å². The Morgan fingerprint density at radius 1 is 1.15 bits per heavy atom. The average Bonchev–Trinajstić information content (AvgIpc) is 3.09. The molecule has 0 aliphatic carbocycles. The van der Waals surface area contributed by atoms with Gasteiger partial charge >= 0.3 is 0 Å². The Labute approximate surface area is 152 Å². The lowest BCUT2D eigenvalue weighted by Crippen LogP contribution is -2.27. The molecular formula is C20H22N4O2. The number of rotatable bonds is 5. The number of carbonyl (C=O) groups is 1. The second-order valence-electron chi connectivity index (χ2n) is 6.41. The molecule has 0 N–H and O–H groups in total. The molecule has 0 atom stereocenters. The van der Waals surface area contributed by atoms with E-state index in [-0.39, 0.29) is 18.4 Å². The lowest BCUT2D eigenvalue weighted by molar-refractivity contribution is 0.0894. The van der Waals surface area contributed by atoms with Gasteiger partial charge in [-0.05, 0) is 45.0 Å². The summed E-state index contributed by atoms with van der Waals surface area (Å²) in [6.07, 6.45) is 2.39. The molecule has 6 heteroatoms. The third-order valence-corrected chi connectivity index (χ3v) is 3.82. The van der Waals surface area contributed by atoms with Crippen molar-refractivity contribution in [2.45, 2.75) is 39.7 Å². The van der Waals surface area contributed by atoms with Crippen LogP contribution in [0.5, 0.6) is 0 Å². The molecule has 0 aliphatic rings. The standard InChI is InChI=1S/C20H22N4O2/c1-14(2)21-17-6-4-5-13-24(17)19(25)12-11-18-22-23-20(26-18)16-9-7-15(3)8-10-16/h4-10,13-14H,11-12H2,1-3H3. The van der Waals surface area contributed by atoms with Gasteiger partial charge in [-0.2, -0.15) is 0 Å². The van der Waals surface area contributed by atoms with Gasteiger partial charge in [0, 0.05) is 30.6 Å². The van der Waals surface area contributed by atoms with Crippen molar-refractivity contribution in [3.63, 3.8) is 0 Å². The number of carbonyl (C=O) groups excluding carboxylic acids is 1. The van der Waals surface area contributed by atoms with Crippen LogP contribution in [0.3, 0.4) is 0 Å². The highest BCUT2D eigenvalue weighted by atomic mass is 16.4. The van der Waals surface area contributed by atoms with E-state index in [4.69, 9.17) is 4.42 Å². The molecule has 0 fully saturated rings. The zero-order valence-corrected chi connectivity index (χ0v) is 15.2. The first-order chi connectivity index (χ1) is 12.5. The lowest BCUT2D eigenvalue weighted by atomic mass is 10.1. The van der Waals surface area contributed by atoms with Gasteiger partial charge in [-0.15, -0.1) is 10.2 Å². The quantitative estimate of drug-likeness (QED) is 0.707. The molecule has 3 aromatic rings. The number of hydrogen-bond acceptors (Lipinski definition) is 5. The van der Waals surface area contributed by atoms with Crippen LogP contribution in [0.25, 0.3) is 11.5 Å². The van der Waals surface area contributed by atoms with Crippen LogP contribution in [0.4, 0.5) is 0 Å². The van der Waals surface area contributed by atoms with Crippen LogP contribution < -0.4 is 5.49 Å². The lowest BCUT2D eigenvalue weighted by Gasteiger charge is -2.06. The predicted molar refractivity (Wildman–Crippen MR) is 98.5 cm³/mol. The van der Waals surface area contributed by atoms with Gasteiger partial charge in [0.15, 0.2) is 0 Å². The highest BCUT2D eigenvalue weighted by Gasteiger charge is 2.12. The number of hydrogen-bond donors (Lipinski definition) is 0. The average molecular weight is 350 g/mol. The molecule has 0 spiro atoms. The predicted octanol–water partition coefficient (Wildman–Crippen LogP) is 3.43. The van der Waals surface area contributed by atoms with Gasteiger partial charge < -0.3 is 4.42 Å². The molecule has 0 amide bonds. The smallest absolute Gasteiger partial charge is 0.247 e. The first kappa shape index (κ1) is 17.8. The summed E-state index contributed by atoms with van der Waals surface area (Å²) in [5, 5.41) is 8.12. The Balaban J connectivity index is 1.70. The van der Waals surface area contributed by atoms with E-state index in [2.05, 4.69) is 15.2 Å². The Bertz CT molecular complexity index is 952. The Kier molecular flexibility index (Phi) is 5.41. The second-order valence-corrected chi connectivity index (χ2v) is 6.41. The number of aromatic nitrogens is 3. The fourth-order valence-corrected chi connectivity index (χ4v) is 2.52. The fraction of sp³-hybridized carbons (Fsp3) is 0.300. The van der Waals surface area contributed by atoms with Crippen LogP contribution in [0.15, 0.2) is 58.1 Å². The van der Waals surface area contributed by atoms with E-state index >= 15 is 0 Å². The number of nitrogens with zero attached hydrogens (tertiary/aromatic N) is 4. The maximum absolute atomic E-state index is 12.5. The SMILES string of the molecule is Cc1ccc(-c2nnc(CCC(=O)n3ccccc3=NC(C)C)o2)cc1. The molecular weight excluding hydrogens is 328 g/mol. The summed E-state index contributed by atoms with van der Waals surface area (Å²) in [6, 6.07) is 13.5. The summed E-state index contributed by atoms with van der Waals surface area (Å²) in [5.41, 5.74) is 2.69. The van der Waals surface area contributed by atoms with Gasteiger partial charge in [-0.1, -0.05) is 23.8 Å². The van der Waals surface area contributed by atoms with Gasteiger partial charge in [0.05, 0.1) is 0 Å². The van der Waals surface area contributed by atoms with E-state index < -0.39 is 0 Å². The van der Waals surface area contributed by atoms with Crippen molar-refractivity contribution in [2.24, 2.45) is 4.99 Å². The Hall–Kier alpha value is -3.02. The number of pyridine rings is 1. The van der Waals surface area contributed by atoms with Gasteiger partial charge in [0.1, 0.15) is 5.49 Å². The highest BCUT2D eigenvalue weighted by molar-refractivity contribution is 5.78. The number of benzene rings is 1. The van der Waals surface area contributed by atoms with E-state index in [1.54, 1.807) is 10.8 Å². The summed E-state index contributed by atoms with van der Waals surface area (Å²) >= 11 is 0. The van der Waals surface area contributed by atoms with Crippen molar-refractivity contribution in [1.29, 1.82) is 0 Å². The molecule has 3 rings (SSSR count). The Morgan fingerprint density at radius 2 is 1.92 bits per heavy atom. The zero-order valence-electron chi connectivity index (χ0n) is 15.2. The van der Waals surface area contributed by atoms with E-state index in [0.29, 0.717) is 23.7 Å². The van der Waals surface area contributed by atoms with Crippen molar-refractivity contribution in [1.82, 2.24) is 14.8 Å². The summed E-state index contributed by atoms with van der Waals surface area (Å²) in [4.78, 5) is 17.0. The molecule has 134 valence electrons. The van der Waals surface area contributed by atoms with Crippen LogP contribution in [0, 0.1) is 6.92 Å². The highest BCUT2D eigenvalue weighted by Crippen LogP contribution is 2.18. The molecule has 1 aromatic carbocycles. The largest absolute Gasteiger partial charge is 0.421 e. The molecule has 0 aliphatic heterocycles. The number of aryl methyl sites for hydroxylation is 2. The summed E-state index contributed by atoms with van der Waals surface area (Å²) < 4.78 is 7.25. The van der Waals surface area contributed by atoms with Crippen LogP contribution in [0.2, 0.25) is 0 Å². The van der Waals surface area contributed by atoms with Crippen molar-refractivity contribution in [3.8, 4) is 11.5 Å². The van der Waals surface area contributed by atoms with Gasteiger partial charge in [-0.25, -0.2) is 0 Å². The van der Waals surface area contributed by atoms with Crippen LogP contribution in [0.1, 0.15) is 36.5 Å². The van der Waals surface area contributed by atoms with E-state index in [1.807, 2.05) is 63.2 Å². The maximum Gasteiger partial charge on any atom is 0.247 e. The summed E-state index contributed by atoms with van der Waals surface area (Å²) in [6.45, 7) is 5.98. The molecule has 0 unspecified atom stereocenters. The minimum Gasteiger partial charge on any atom is -0.421 e. The van der Waals surface area contributed by atoms with Crippen molar-refractivity contribution >= 4 is 5.91 Å². The topological polar surface area (TPSA) is 73.3 Å².